The van der Waals surface area contributed by atoms with E-state index in [1.165, 1.54) is 12.1 Å². The summed E-state index contributed by atoms with van der Waals surface area (Å²) in [6.45, 7) is 0.232. The molecule has 0 heterocycles. The molecule has 108 valence electrons. The van der Waals surface area contributed by atoms with Crippen molar-refractivity contribution in [1.82, 2.24) is 0 Å². The number of aliphatic hydroxyl groups excluding tert-OH is 1. The second kappa shape index (κ2) is 7.32. The van der Waals surface area contributed by atoms with Crippen LogP contribution < -0.4 is 4.74 Å². The van der Waals surface area contributed by atoms with Crippen molar-refractivity contribution < 1.29 is 19.3 Å². The zero-order valence-electron chi connectivity index (χ0n) is 11.3. The first kappa shape index (κ1) is 14.9. The summed E-state index contributed by atoms with van der Waals surface area (Å²) in [5.74, 6) is 5.76. The van der Waals surface area contributed by atoms with E-state index in [-0.39, 0.29) is 19.0 Å². The molecule has 0 aliphatic heterocycles. The molecular weight excluding hydrogens is 271 g/mol. The summed E-state index contributed by atoms with van der Waals surface area (Å²) >= 11 is 0. The highest BCUT2D eigenvalue weighted by Crippen LogP contribution is 2.21. The maximum Gasteiger partial charge on any atom is 0.138 e. The summed E-state index contributed by atoms with van der Waals surface area (Å²) in [6.07, 6.45) is 0.356. The van der Waals surface area contributed by atoms with Gasteiger partial charge in [-0.3, -0.25) is 0 Å². The Balaban J connectivity index is 2.13. The van der Waals surface area contributed by atoms with Crippen molar-refractivity contribution in [3.05, 3.63) is 59.4 Å². The molecule has 2 N–H and O–H groups in total. The molecule has 0 atom stereocenters. The number of phenolic OH excluding ortho intramolecular Hbond substituents is 1. The maximum atomic E-state index is 13.3. The van der Waals surface area contributed by atoms with Gasteiger partial charge in [-0.25, -0.2) is 4.39 Å². The van der Waals surface area contributed by atoms with Crippen molar-refractivity contribution in [3.63, 3.8) is 0 Å². The Morgan fingerprint density at radius 1 is 1.10 bits per heavy atom. The SMILES string of the molecule is OCCC#Cc1ccc(F)cc1OCc1ccc(O)cc1. The van der Waals surface area contributed by atoms with E-state index in [4.69, 9.17) is 9.84 Å². The molecule has 0 aromatic heterocycles. The molecule has 0 fully saturated rings. The van der Waals surface area contributed by atoms with Gasteiger partial charge in [-0.1, -0.05) is 24.0 Å². The van der Waals surface area contributed by atoms with Gasteiger partial charge in [0.05, 0.1) is 12.2 Å². The third kappa shape index (κ3) is 4.51. The van der Waals surface area contributed by atoms with E-state index >= 15 is 0 Å². The zero-order valence-corrected chi connectivity index (χ0v) is 11.3. The molecule has 0 saturated heterocycles. The van der Waals surface area contributed by atoms with Crippen molar-refractivity contribution in [2.75, 3.05) is 6.61 Å². The van der Waals surface area contributed by atoms with Crippen LogP contribution in [-0.4, -0.2) is 16.8 Å². The second-order valence-electron chi connectivity index (χ2n) is 4.37. The summed E-state index contributed by atoms with van der Waals surface area (Å²) in [4.78, 5) is 0. The molecule has 0 aliphatic rings. The van der Waals surface area contributed by atoms with Crippen molar-refractivity contribution in [1.29, 1.82) is 0 Å². The van der Waals surface area contributed by atoms with Crippen LogP contribution in [0.15, 0.2) is 42.5 Å². The number of phenols is 1. The lowest BCUT2D eigenvalue weighted by atomic mass is 10.2. The van der Waals surface area contributed by atoms with E-state index in [0.717, 1.165) is 5.56 Å². The molecule has 3 nitrogen and oxygen atoms in total. The summed E-state index contributed by atoms with van der Waals surface area (Å²) in [6, 6.07) is 10.7. The van der Waals surface area contributed by atoms with Crippen molar-refractivity contribution in [2.45, 2.75) is 13.0 Å². The van der Waals surface area contributed by atoms with E-state index in [0.29, 0.717) is 17.7 Å². The highest BCUT2D eigenvalue weighted by Gasteiger charge is 2.04. The minimum Gasteiger partial charge on any atom is -0.508 e. The summed E-state index contributed by atoms with van der Waals surface area (Å²) < 4.78 is 18.9. The standard InChI is InChI=1S/C17H15FO3/c18-15-7-6-14(3-1-2-10-19)17(11-15)21-12-13-4-8-16(20)9-5-13/h4-9,11,19-20H,2,10,12H2. The maximum absolute atomic E-state index is 13.3. The normalized spacial score (nSPS) is 9.81. The highest BCUT2D eigenvalue weighted by molar-refractivity contribution is 5.46. The molecule has 4 heteroatoms. The molecule has 2 aromatic carbocycles. The Hall–Kier alpha value is -2.51. The molecule has 0 aliphatic carbocycles. The van der Waals surface area contributed by atoms with Gasteiger partial charge in [-0.15, -0.1) is 0 Å². The van der Waals surface area contributed by atoms with Crippen molar-refractivity contribution in [3.8, 4) is 23.3 Å². The highest BCUT2D eigenvalue weighted by atomic mass is 19.1. The number of hydrogen-bond donors (Lipinski definition) is 2. The smallest absolute Gasteiger partial charge is 0.138 e. The number of halogens is 1. The number of hydrogen-bond acceptors (Lipinski definition) is 3. The van der Waals surface area contributed by atoms with Crippen molar-refractivity contribution >= 4 is 0 Å². The summed E-state index contributed by atoms with van der Waals surface area (Å²) in [5, 5.41) is 17.9. The van der Waals surface area contributed by atoms with Gasteiger partial charge in [-0.05, 0) is 29.8 Å². The van der Waals surface area contributed by atoms with Crippen LogP contribution in [0.5, 0.6) is 11.5 Å². The molecule has 0 saturated carbocycles. The first-order valence-electron chi connectivity index (χ1n) is 6.49. The third-order valence-electron chi connectivity index (χ3n) is 2.73. The zero-order chi connectivity index (χ0) is 15.1. The fourth-order valence-electron chi connectivity index (χ4n) is 1.69. The molecule has 2 rings (SSSR count). The van der Waals surface area contributed by atoms with Gasteiger partial charge < -0.3 is 14.9 Å². The molecule has 0 bridgehead atoms. The van der Waals surface area contributed by atoms with Gasteiger partial charge in [0, 0.05) is 12.5 Å². The van der Waals surface area contributed by atoms with Crippen LogP contribution >= 0.6 is 0 Å². The monoisotopic (exact) mass is 286 g/mol. The minimum absolute atomic E-state index is 0.0160. The molecule has 0 spiro atoms. The van der Waals surface area contributed by atoms with Crippen LogP contribution in [0, 0.1) is 17.7 Å². The van der Waals surface area contributed by atoms with Crippen LogP contribution in [0.1, 0.15) is 17.5 Å². The van der Waals surface area contributed by atoms with E-state index < -0.39 is 5.82 Å². The van der Waals surface area contributed by atoms with E-state index in [9.17, 15) is 9.50 Å². The number of ether oxygens (including phenoxy) is 1. The first-order valence-corrected chi connectivity index (χ1v) is 6.49. The van der Waals surface area contributed by atoms with Gasteiger partial charge in [0.15, 0.2) is 0 Å². The molecule has 0 radical (unpaired) electrons. The van der Waals surface area contributed by atoms with Crippen LogP contribution in [0.4, 0.5) is 4.39 Å². The van der Waals surface area contributed by atoms with Crippen LogP contribution in [0.3, 0.4) is 0 Å². The van der Waals surface area contributed by atoms with Crippen LogP contribution in [0.25, 0.3) is 0 Å². The molecule has 21 heavy (non-hydrogen) atoms. The Kier molecular flexibility index (Phi) is 5.19. The van der Waals surface area contributed by atoms with Gasteiger partial charge in [0.2, 0.25) is 0 Å². The Bertz CT molecular complexity index is 654. The fourth-order valence-corrected chi connectivity index (χ4v) is 1.69. The summed E-state index contributed by atoms with van der Waals surface area (Å²) in [7, 11) is 0. The van der Waals surface area contributed by atoms with Gasteiger partial charge >= 0.3 is 0 Å². The van der Waals surface area contributed by atoms with Crippen LogP contribution in [0.2, 0.25) is 0 Å². The predicted molar refractivity (Wildman–Crippen MR) is 77.4 cm³/mol. The lowest BCUT2D eigenvalue weighted by Gasteiger charge is -2.08. The van der Waals surface area contributed by atoms with Gasteiger partial charge in [0.25, 0.3) is 0 Å². The lowest BCUT2D eigenvalue weighted by molar-refractivity contribution is 0.303. The Labute approximate surface area is 122 Å². The topological polar surface area (TPSA) is 49.7 Å². The van der Waals surface area contributed by atoms with E-state index in [1.54, 1.807) is 30.3 Å². The van der Waals surface area contributed by atoms with E-state index in [2.05, 4.69) is 11.8 Å². The average molecular weight is 286 g/mol. The number of aliphatic hydroxyl groups is 1. The Morgan fingerprint density at radius 3 is 2.57 bits per heavy atom. The first-order chi connectivity index (χ1) is 10.2. The lowest BCUT2D eigenvalue weighted by Crippen LogP contribution is -1.97. The fraction of sp³-hybridized carbons (Fsp3) is 0.176. The molecular formula is C17H15FO3. The minimum atomic E-state index is -0.400. The number of benzene rings is 2. The van der Waals surface area contributed by atoms with Crippen LogP contribution in [-0.2, 0) is 6.61 Å². The largest absolute Gasteiger partial charge is 0.508 e. The van der Waals surface area contributed by atoms with E-state index in [1.807, 2.05) is 0 Å². The number of rotatable bonds is 4. The average Bonchev–Trinajstić information content (AvgIpc) is 2.49. The third-order valence-corrected chi connectivity index (χ3v) is 2.73. The Morgan fingerprint density at radius 2 is 1.86 bits per heavy atom. The predicted octanol–water partition coefficient (Wildman–Crippen LogP) is 2.84. The molecule has 0 unspecified atom stereocenters. The number of aromatic hydroxyl groups is 1. The van der Waals surface area contributed by atoms with Gasteiger partial charge in [-0.2, -0.15) is 0 Å². The van der Waals surface area contributed by atoms with Crippen molar-refractivity contribution in [2.24, 2.45) is 0 Å². The van der Waals surface area contributed by atoms with Gasteiger partial charge in [0.1, 0.15) is 23.9 Å². The summed E-state index contributed by atoms with van der Waals surface area (Å²) in [5.41, 5.74) is 1.43. The quantitative estimate of drug-likeness (QED) is 0.850. The second-order valence-corrected chi connectivity index (χ2v) is 4.37. The molecule has 0 amide bonds. The molecule has 2 aromatic rings.